The average Bonchev–Trinajstić information content (AvgIpc) is 3.11. The van der Waals surface area contributed by atoms with E-state index in [9.17, 15) is 9.59 Å². The quantitative estimate of drug-likeness (QED) is 0.754. The molecule has 3 rings (SSSR count). The number of nitrogens with one attached hydrogen (secondary N) is 1. The van der Waals surface area contributed by atoms with Crippen molar-refractivity contribution in [2.75, 3.05) is 7.11 Å². The van der Waals surface area contributed by atoms with E-state index in [4.69, 9.17) is 4.74 Å². The Morgan fingerprint density at radius 3 is 2.68 bits per heavy atom. The van der Waals surface area contributed by atoms with Crippen molar-refractivity contribution < 1.29 is 9.53 Å². The monoisotopic (exact) mass is 356 g/mol. The van der Waals surface area contributed by atoms with Gasteiger partial charge in [-0.2, -0.15) is 5.10 Å². The Morgan fingerprint density at radius 2 is 2.00 bits per heavy atom. The van der Waals surface area contributed by atoms with Crippen molar-refractivity contribution in [1.82, 2.24) is 20.1 Å². The highest BCUT2D eigenvalue weighted by Crippen LogP contribution is 2.25. The summed E-state index contributed by atoms with van der Waals surface area (Å²) in [6.45, 7) is 0.288. The number of ether oxygens (including phenoxy) is 1. The van der Waals surface area contributed by atoms with Crippen molar-refractivity contribution in [2.24, 2.45) is 7.05 Å². The Kier molecular flexibility index (Phi) is 4.90. The van der Waals surface area contributed by atoms with Crippen molar-refractivity contribution in [3.8, 4) is 16.3 Å². The van der Waals surface area contributed by atoms with E-state index >= 15 is 0 Å². The third kappa shape index (κ3) is 3.92. The topological polar surface area (TPSA) is 86.1 Å². The molecule has 1 N–H and O–H groups in total. The Balaban J connectivity index is 1.65. The summed E-state index contributed by atoms with van der Waals surface area (Å²) in [5.74, 6) is 0.437. The van der Waals surface area contributed by atoms with Gasteiger partial charge in [0.15, 0.2) is 0 Å². The van der Waals surface area contributed by atoms with E-state index in [1.807, 2.05) is 29.6 Å². The molecule has 3 aromatic rings. The highest BCUT2D eigenvalue weighted by molar-refractivity contribution is 7.13. The summed E-state index contributed by atoms with van der Waals surface area (Å²) >= 11 is 1.50. The first-order chi connectivity index (χ1) is 12.1. The predicted molar refractivity (Wildman–Crippen MR) is 94.8 cm³/mol. The molecule has 0 aliphatic carbocycles. The van der Waals surface area contributed by atoms with E-state index in [2.05, 4.69) is 15.4 Å². The Hall–Kier alpha value is -3.00. The number of carbonyl (C=O) groups is 1. The van der Waals surface area contributed by atoms with Crippen LogP contribution in [0.25, 0.3) is 10.6 Å². The van der Waals surface area contributed by atoms with Gasteiger partial charge in [0, 0.05) is 24.1 Å². The van der Waals surface area contributed by atoms with E-state index in [1.54, 1.807) is 7.11 Å². The molecule has 0 aliphatic rings. The summed E-state index contributed by atoms with van der Waals surface area (Å²) < 4.78 is 6.27. The first-order valence-corrected chi connectivity index (χ1v) is 8.36. The fourth-order valence-electron chi connectivity index (χ4n) is 2.14. The van der Waals surface area contributed by atoms with Gasteiger partial charge in [-0.3, -0.25) is 9.59 Å². The lowest BCUT2D eigenvalue weighted by molar-refractivity contribution is 0.0943. The number of hydrogen-bond acceptors (Lipinski definition) is 6. The van der Waals surface area contributed by atoms with Crippen LogP contribution in [0, 0.1) is 0 Å². The highest BCUT2D eigenvalue weighted by Gasteiger charge is 2.10. The van der Waals surface area contributed by atoms with Gasteiger partial charge >= 0.3 is 0 Å². The maximum Gasteiger partial charge on any atom is 0.272 e. The van der Waals surface area contributed by atoms with E-state index in [-0.39, 0.29) is 23.7 Å². The average molecular weight is 356 g/mol. The number of thiazole rings is 1. The van der Waals surface area contributed by atoms with E-state index in [0.29, 0.717) is 0 Å². The van der Waals surface area contributed by atoms with Crippen LogP contribution in [0.2, 0.25) is 0 Å². The first-order valence-electron chi connectivity index (χ1n) is 7.48. The summed E-state index contributed by atoms with van der Waals surface area (Å²) in [5.41, 5.74) is 1.67. The second-order valence-corrected chi connectivity index (χ2v) is 6.09. The van der Waals surface area contributed by atoms with Gasteiger partial charge in [-0.1, -0.05) is 0 Å². The number of amides is 1. The molecule has 0 atom stereocenters. The molecule has 0 bridgehead atoms. The van der Waals surface area contributed by atoms with Crippen molar-refractivity contribution in [1.29, 1.82) is 0 Å². The molecule has 1 amide bonds. The molecule has 2 heterocycles. The normalized spacial score (nSPS) is 10.5. The molecule has 0 radical (unpaired) electrons. The van der Waals surface area contributed by atoms with Crippen LogP contribution in [0.4, 0.5) is 0 Å². The van der Waals surface area contributed by atoms with Crippen molar-refractivity contribution in [3.63, 3.8) is 0 Å². The number of methoxy groups -OCH3 is 1. The minimum absolute atomic E-state index is 0.188. The van der Waals surface area contributed by atoms with Gasteiger partial charge in [-0.15, -0.1) is 11.3 Å². The maximum atomic E-state index is 12.1. The van der Waals surface area contributed by atoms with Crippen LogP contribution in [0.5, 0.6) is 5.75 Å². The standard InChI is InChI=1S/C17H16N4O3S/c1-21-15(22)8-7-14(20-21)16(23)18-9-12-10-25-17(19-12)11-3-5-13(24-2)6-4-11/h3-8,10H,9H2,1-2H3,(H,18,23). The van der Waals surface area contributed by atoms with Gasteiger partial charge in [0.1, 0.15) is 16.5 Å². The Morgan fingerprint density at radius 1 is 1.24 bits per heavy atom. The molecule has 0 fully saturated rings. The first kappa shape index (κ1) is 16.8. The Bertz CT molecular complexity index is 947. The molecule has 25 heavy (non-hydrogen) atoms. The van der Waals surface area contributed by atoms with Crippen molar-refractivity contribution in [3.05, 3.63) is 63.5 Å². The van der Waals surface area contributed by atoms with Gasteiger partial charge in [0.2, 0.25) is 0 Å². The third-order valence-corrected chi connectivity index (χ3v) is 4.45. The van der Waals surface area contributed by atoms with E-state index in [1.165, 1.54) is 30.5 Å². The van der Waals surface area contributed by atoms with Gasteiger partial charge in [-0.25, -0.2) is 9.67 Å². The summed E-state index contributed by atoms with van der Waals surface area (Å²) in [6, 6.07) is 10.4. The number of nitrogens with zero attached hydrogens (tertiary/aromatic N) is 3. The lowest BCUT2D eigenvalue weighted by atomic mass is 10.2. The van der Waals surface area contributed by atoms with Crippen LogP contribution >= 0.6 is 11.3 Å². The second-order valence-electron chi connectivity index (χ2n) is 5.24. The van der Waals surface area contributed by atoms with Crippen LogP contribution in [-0.4, -0.2) is 27.8 Å². The summed E-state index contributed by atoms with van der Waals surface area (Å²) in [4.78, 5) is 27.9. The molecular weight excluding hydrogens is 340 g/mol. The fourth-order valence-corrected chi connectivity index (χ4v) is 2.96. The number of aryl methyl sites for hydroxylation is 1. The van der Waals surface area contributed by atoms with Gasteiger partial charge in [0.05, 0.1) is 19.3 Å². The number of carbonyl (C=O) groups excluding carboxylic acids is 1. The molecule has 0 saturated carbocycles. The maximum absolute atomic E-state index is 12.1. The SMILES string of the molecule is COc1ccc(-c2nc(CNC(=O)c3ccc(=O)n(C)n3)cs2)cc1. The van der Waals surface area contributed by atoms with Crippen LogP contribution in [-0.2, 0) is 13.6 Å². The van der Waals surface area contributed by atoms with Crippen LogP contribution < -0.4 is 15.6 Å². The zero-order valence-electron chi connectivity index (χ0n) is 13.7. The van der Waals surface area contributed by atoms with Gasteiger partial charge in [0.25, 0.3) is 11.5 Å². The molecule has 8 heteroatoms. The number of benzene rings is 1. The van der Waals surface area contributed by atoms with Crippen molar-refractivity contribution >= 4 is 17.2 Å². The summed E-state index contributed by atoms with van der Waals surface area (Å²) in [5, 5.41) is 9.43. The van der Waals surface area contributed by atoms with Crippen molar-refractivity contribution in [2.45, 2.75) is 6.54 Å². The molecule has 0 saturated heterocycles. The number of aromatic nitrogens is 3. The summed E-state index contributed by atoms with van der Waals surface area (Å²) in [7, 11) is 3.12. The molecule has 128 valence electrons. The zero-order valence-corrected chi connectivity index (χ0v) is 14.5. The fraction of sp³-hybridized carbons (Fsp3) is 0.176. The minimum atomic E-state index is -0.352. The van der Waals surface area contributed by atoms with E-state index in [0.717, 1.165) is 26.7 Å². The number of hydrogen-bond donors (Lipinski definition) is 1. The Labute approximate surface area is 147 Å². The zero-order chi connectivity index (χ0) is 17.8. The second kappa shape index (κ2) is 7.27. The minimum Gasteiger partial charge on any atom is -0.497 e. The highest BCUT2D eigenvalue weighted by atomic mass is 32.1. The molecule has 0 unspecified atom stereocenters. The predicted octanol–water partition coefficient (Wildman–Crippen LogP) is 1.84. The lowest BCUT2D eigenvalue weighted by Gasteiger charge is -2.03. The summed E-state index contributed by atoms with van der Waals surface area (Å²) in [6.07, 6.45) is 0. The van der Waals surface area contributed by atoms with Crippen LogP contribution in [0.3, 0.4) is 0 Å². The van der Waals surface area contributed by atoms with E-state index < -0.39 is 0 Å². The molecule has 1 aromatic carbocycles. The van der Waals surface area contributed by atoms with Gasteiger partial charge in [-0.05, 0) is 30.3 Å². The molecular formula is C17H16N4O3S. The molecule has 0 spiro atoms. The molecule has 7 nitrogen and oxygen atoms in total. The third-order valence-electron chi connectivity index (χ3n) is 3.51. The van der Waals surface area contributed by atoms with Crippen LogP contribution in [0.1, 0.15) is 16.2 Å². The number of rotatable bonds is 5. The molecule has 2 aromatic heterocycles. The largest absolute Gasteiger partial charge is 0.497 e. The van der Waals surface area contributed by atoms with Gasteiger partial charge < -0.3 is 10.1 Å². The smallest absolute Gasteiger partial charge is 0.272 e. The van der Waals surface area contributed by atoms with Crippen LogP contribution in [0.15, 0.2) is 46.6 Å². The lowest BCUT2D eigenvalue weighted by Crippen LogP contribution is -2.28. The molecule has 0 aliphatic heterocycles.